The van der Waals surface area contributed by atoms with Crippen molar-refractivity contribution in [3.8, 4) is 0 Å². The number of para-hydroxylation sites is 2. The number of benzene rings is 2. The molecule has 6 heteroatoms. The minimum atomic E-state index is -0.499. The SMILES string of the molecule is COC(=O)c1ccccc1NC(=O)/C=C/c1nc2ccccc2s1. The standard InChI is InChI=1S/C18H14N2O3S/c1-23-18(22)12-6-2-3-7-13(12)19-16(21)10-11-17-20-14-8-4-5-9-15(14)24-17/h2-11H,1H3,(H,19,21)/b11-10+. The molecular formula is C18H14N2O3S. The summed E-state index contributed by atoms with van der Waals surface area (Å²) in [5.41, 5.74) is 1.61. The lowest BCUT2D eigenvalue weighted by atomic mass is 10.2. The van der Waals surface area contributed by atoms with Gasteiger partial charge in [0.2, 0.25) is 5.91 Å². The fraction of sp³-hybridized carbons (Fsp3) is 0.0556. The van der Waals surface area contributed by atoms with Crippen LogP contribution in [0.25, 0.3) is 16.3 Å². The van der Waals surface area contributed by atoms with Gasteiger partial charge in [0.05, 0.1) is 28.6 Å². The van der Waals surface area contributed by atoms with Gasteiger partial charge in [-0.05, 0) is 30.3 Å². The summed E-state index contributed by atoms with van der Waals surface area (Å²) >= 11 is 1.51. The summed E-state index contributed by atoms with van der Waals surface area (Å²) in [4.78, 5) is 28.2. The smallest absolute Gasteiger partial charge is 0.339 e. The lowest BCUT2D eigenvalue weighted by Crippen LogP contribution is -2.12. The number of carbonyl (C=O) groups excluding carboxylic acids is 2. The Morgan fingerprint density at radius 3 is 2.67 bits per heavy atom. The molecule has 0 aliphatic carbocycles. The number of amides is 1. The van der Waals surface area contributed by atoms with Gasteiger partial charge in [0.15, 0.2) is 0 Å². The van der Waals surface area contributed by atoms with Crippen LogP contribution in [0, 0.1) is 0 Å². The molecule has 3 aromatic rings. The van der Waals surface area contributed by atoms with E-state index in [1.54, 1.807) is 30.3 Å². The zero-order chi connectivity index (χ0) is 16.9. The number of anilines is 1. The van der Waals surface area contributed by atoms with E-state index in [1.165, 1.54) is 24.5 Å². The van der Waals surface area contributed by atoms with Crippen LogP contribution in [0.1, 0.15) is 15.4 Å². The normalized spacial score (nSPS) is 10.9. The molecule has 2 aromatic carbocycles. The van der Waals surface area contributed by atoms with Crippen molar-refractivity contribution in [1.29, 1.82) is 0 Å². The van der Waals surface area contributed by atoms with Gasteiger partial charge in [0, 0.05) is 6.08 Å². The molecular weight excluding hydrogens is 324 g/mol. The average Bonchev–Trinajstić information content (AvgIpc) is 3.03. The van der Waals surface area contributed by atoms with Crippen molar-refractivity contribution in [3.63, 3.8) is 0 Å². The number of hydrogen-bond acceptors (Lipinski definition) is 5. The lowest BCUT2D eigenvalue weighted by molar-refractivity contribution is -0.111. The van der Waals surface area contributed by atoms with E-state index < -0.39 is 5.97 Å². The fourth-order valence-electron chi connectivity index (χ4n) is 2.16. The molecule has 0 aliphatic rings. The lowest BCUT2D eigenvalue weighted by Gasteiger charge is -2.07. The minimum Gasteiger partial charge on any atom is -0.465 e. The average molecular weight is 338 g/mol. The number of aromatic nitrogens is 1. The second kappa shape index (κ2) is 7.06. The van der Waals surface area contributed by atoms with Crippen LogP contribution in [-0.4, -0.2) is 24.0 Å². The number of nitrogens with zero attached hydrogens (tertiary/aromatic N) is 1. The van der Waals surface area contributed by atoms with E-state index in [9.17, 15) is 9.59 Å². The minimum absolute atomic E-state index is 0.307. The van der Waals surface area contributed by atoms with Crippen LogP contribution in [0.3, 0.4) is 0 Å². The Bertz CT molecular complexity index is 898. The van der Waals surface area contributed by atoms with E-state index in [2.05, 4.69) is 10.3 Å². The van der Waals surface area contributed by atoms with Gasteiger partial charge in [-0.2, -0.15) is 0 Å². The Kier molecular flexibility index (Phi) is 4.67. The molecule has 5 nitrogen and oxygen atoms in total. The molecule has 0 spiro atoms. The number of methoxy groups -OCH3 is 1. The summed E-state index contributed by atoms with van der Waals surface area (Å²) in [5, 5.41) is 3.42. The Balaban J connectivity index is 1.75. The molecule has 1 heterocycles. The van der Waals surface area contributed by atoms with E-state index >= 15 is 0 Å². The summed E-state index contributed by atoms with van der Waals surface area (Å²) in [6, 6.07) is 14.5. The molecule has 0 bridgehead atoms. The number of ether oxygens (including phenoxy) is 1. The molecule has 0 fully saturated rings. The van der Waals surface area contributed by atoms with Crippen molar-refractivity contribution in [2.24, 2.45) is 0 Å². The predicted octanol–water partition coefficient (Wildman–Crippen LogP) is 3.73. The third-order valence-electron chi connectivity index (χ3n) is 3.28. The molecule has 1 aromatic heterocycles. The Morgan fingerprint density at radius 2 is 1.88 bits per heavy atom. The highest BCUT2D eigenvalue weighted by Gasteiger charge is 2.12. The largest absolute Gasteiger partial charge is 0.465 e. The predicted molar refractivity (Wildman–Crippen MR) is 95.1 cm³/mol. The molecule has 1 amide bonds. The summed E-state index contributed by atoms with van der Waals surface area (Å²) < 4.78 is 5.77. The molecule has 1 N–H and O–H groups in total. The van der Waals surface area contributed by atoms with E-state index in [0.29, 0.717) is 11.3 Å². The van der Waals surface area contributed by atoms with E-state index in [-0.39, 0.29) is 5.91 Å². The molecule has 3 rings (SSSR count). The Morgan fingerprint density at radius 1 is 1.12 bits per heavy atom. The van der Waals surface area contributed by atoms with Gasteiger partial charge < -0.3 is 10.1 Å². The van der Waals surface area contributed by atoms with Crippen LogP contribution >= 0.6 is 11.3 Å². The third-order valence-corrected chi connectivity index (χ3v) is 4.28. The third kappa shape index (κ3) is 3.49. The van der Waals surface area contributed by atoms with Gasteiger partial charge in [-0.3, -0.25) is 4.79 Å². The van der Waals surface area contributed by atoms with Crippen LogP contribution in [-0.2, 0) is 9.53 Å². The number of hydrogen-bond donors (Lipinski definition) is 1. The van der Waals surface area contributed by atoms with Crippen LogP contribution in [0.2, 0.25) is 0 Å². The molecule has 0 aliphatic heterocycles. The van der Waals surface area contributed by atoms with E-state index in [1.807, 2.05) is 24.3 Å². The fourth-order valence-corrected chi connectivity index (χ4v) is 3.03. The van der Waals surface area contributed by atoms with Gasteiger partial charge in [0.25, 0.3) is 0 Å². The molecule has 0 saturated heterocycles. The maximum Gasteiger partial charge on any atom is 0.339 e. The van der Waals surface area contributed by atoms with Gasteiger partial charge in [0.1, 0.15) is 5.01 Å². The summed E-state index contributed by atoms with van der Waals surface area (Å²) in [5.74, 6) is -0.841. The van der Waals surface area contributed by atoms with Crippen LogP contribution < -0.4 is 5.32 Å². The number of thiazole rings is 1. The van der Waals surface area contributed by atoms with Crippen molar-refractivity contribution in [2.45, 2.75) is 0 Å². The maximum atomic E-state index is 12.1. The highest BCUT2D eigenvalue weighted by atomic mass is 32.1. The first-order valence-electron chi connectivity index (χ1n) is 7.19. The highest BCUT2D eigenvalue weighted by Crippen LogP contribution is 2.22. The second-order valence-electron chi connectivity index (χ2n) is 4.88. The van der Waals surface area contributed by atoms with E-state index in [0.717, 1.165) is 15.2 Å². The van der Waals surface area contributed by atoms with Gasteiger partial charge >= 0.3 is 5.97 Å². The molecule has 0 radical (unpaired) electrons. The number of esters is 1. The van der Waals surface area contributed by atoms with Gasteiger partial charge in [-0.15, -0.1) is 11.3 Å². The number of carbonyl (C=O) groups is 2. The second-order valence-corrected chi connectivity index (χ2v) is 5.94. The Hall–Kier alpha value is -2.99. The molecule has 0 unspecified atom stereocenters. The van der Waals surface area contributed by atoms with Gasteiger partial charge in [-0.1, -0.05) is 24.3 Å². The summed E-state index contributed by atoms with van der Waals surface area (Å²) in [6.45, 7) is 0. The first-order chi connectivity index (χ1) is 11.7. The summed E-state index contributed by atoms with van der Waals surface area (Å²) in [7, 11) is 1.30. The number of nitrogens with one attached hydrogen (secondary N) is 1. The van der Waals surface area contributed by atoms with Crippen molar-refractivity contribution < 1.29 is 14.3 Å². The van der Waals surface area contributed by atoms with Crippen molar-refractivity contribution >= 4 is 45.2 Å². The number of rotatable bonds is 4. The van der Waals surface area contributed by atoms with Crippen LogP contribution in [0.4, 0.5) is 5.69 Å². The first-order valence-corrected chi connectivity index (χ1v) is 8.01. The monoisotopic (exact) mass is 338 g/mol. The van der Waals surface area contributed by atoms with Crippen molar-refractivity contribution in [3.05, 3.63) is 65.2 Å². The van der Waals surface area contributed by atoms with Crippen molar-refractivity contribution in [2.75, 3.05) is 12.4 Å². The number of fused-ring (bicyclic) bond motifs is 1. The topological polar surface area (TPSA) is 68.3 Å². The maximum absolute atomic E-state index is 12.1. The summed E-state index contributed by atoms with van der Waals surface area (Å²) in [6.07, 6.45) is 3.05. The van der Waals surface area contributed by atoms with Crippen molar-refractivity contribution in [1.82, 2.24) is 4.98 Å². The quantitative estimate of drug-likeness (QED) is 0.581. The molecule has 24 heavy (non-hydrogen) atoms. The van der Waals surface area contributed by atoms with Crippen LogP contribution in [0.5, 0.6) is 0 Å². The zero-order valence-electron chi connectivity index (χ0n) is 12.9. The molecule has 0 saturated carbocycles. The first kappa shape index (κ1) is 15.9. The zero-order valence-corrected chi connectivity index (χ0v) is 13.7. The van der Waals surface area contributed by atoms with E-state index in [4.69, 9.17) is 4.74 Å². The highest BCUT2D eigenvalue weighted by molar-refractivity contribution is 7.19. The molecule has 120 valence electrons. The Labute approximate surface area is 142 Å². The van der Waals surface area contributed by atoms with Crippen LogP contribution in [0.15, 0.2) is 54.6 Å². The molecule has 0 atom stereocenters. The van der Waals surface area contributed by atoms with Gasteiger partial charge in [-0.25, -0.2) is 9.78 Å².